The van der Waals surface area contributed by atoms with E-state index in [4.69, 9.17) is 71.1 Å². The van der Waals surface area contributed by atoms with E-state index in [0.717, 1.165) is 210 Å². The molecule has 0 amide bonds. The zero-order valence-electron chi connectivity index (χ0n) is 77.9. The molecule has 2 fully saturated rings. The van der Waals surface area contributed by atoms with E-state index in [1.54, 1.807) is 45.3 Å². The van der Waals surface area contributed by atoms with Crippen LogP contribution < -0.4 is 0 Å². The molecule has 682 valence electrons. The van der Waals surface area contributed by atoms with Crippen LogP contribution in [-0.2, 0) is 41.3 Å². The Morgan fingerprint density at radius 3 is 0.931 bits per heavy atom. The van der Waals surface area contributed by atoms with Crippen molar-refractivity contribution in [2.45, 2.75) is 197 Å². The lowest BCUT2D eigenvalue weighted by molar-refractivity contribution is -0.142. The van der Waals surface area contributed by atoms with Crippen LogP contribution >= 0.6 is 91.8 Å². The number of rotatable bonds is 20. The third kappa shape index (κ3) is 19.5. The molecule has 0 radical (unpaired) electrons. The van der Waals surface area contributed by atoms with Crippen molar-refractivity contribution in [3.63, 3.8) is 0 Å². The van der Waals surface area contributed by atoms with Crippen molar-refractivity contribution in [1.82, 2.24) is 78.7 Å². The monoisotopic (exact) mass is 1900 g/mol. The number of esters is 1. The van der Waals surface area contributed by atoms with E-state index in [1.165, 1.54) is 62.6 Å². The third-order valence-corrected chi connectivity index (χ3v) is 31.5. The fourth-order valence-electron chi connectivity index (χ4n) is 18.3. The molecule has 2 saturated heterocycles. The molecule has 6 aliphatic rings. The first kappa shape index (κ1) is 95.3. The first-order valence-electron chi connectivity index (χ1n) is 44.3. The lowest BCUT2D eigenvalue weighted by Crippen LogP contribution is -2.44. The molecule has 6 aliphatic heterocycles. The summed E-state index contributed by atoms with van der Waals surface area (Å²) in [5.74, 6) is 6.30. The molecule has 8 aromatic heterocycles. The molecule has 0 unspecified atom stereocenters. The number of hydrogen-bond donors (Lipinski definition) is 0. The van der Waals surface area contributed by atoms with Gasteiger partial charge >= 0.3 is 5.97 Å². The lowest BCUT2D eigenvalue weighted by atomic mass is 9.92. The summed E-state index contributed by atoms with van der Waals surface area (Å²) < 4.78 is 13.4. The number of thiophene rings is 4. The highest BCUT2D eigenvalue weighted by Gasteiger charge is 2.46. The van der Waals surface area contributed by atoms with Gasteiger partial charge in [0.25, 0.3) is 0 Å². The maximum Gasteiger partial charge on any atom is 0.308 e. The van der Waals surface area contributed by atoms with Gasteiger partial charge in [-0.2, -0.15) is 0 Å². The minimum Gasteiger partial charge on any atom is -0.469 e. The molecular weight excluding hydrogens is 1790 g/mol. The van der Waals surface area contributed by atoms with E-state index in [2.05, 4.69) is 158 Å². The molecule has 32 heteroatoms. The van der Waals surface area contributed by atoms with Gasteiger partial charge in [-0.3, -0.25) is 52.6 Å². The maximum atomic E-state index is 13.4. The van der Waals surface area contributed by atoms with E-state index in [1.807, 2.05) is 150 Å². The van der Waals surface area contributed by atoms with Crippen LogP contribution in [0, 0.1) is 83.1 Å². The van der Waals surface area contributed by atoms with Gasteiger partial charge < -0.3 is 24.3 Å². The first-order chi connectivity index (χ1) is 61.9. The number of likely N-dealkylation sites (N-methyl/N-ethyl adjacent to an activating group) is 2. The molecule has 0 saturated carbocycles. The second kappa shape index (κ2) is 39.1. The number of carbonyl (C=O) groups excluding carboxylic acids is 3. The number of aliphatic imine (C=N–C) groups is 4. The molecule has 130 heavy (non-hydrogen) atoms. The Morgan fingerprint density at radius 1 is 0.377 bits per heavy atom. The lowest BCUT2D eigenvalue weighted by Gasteiger charge is -2.32. The number of piperidine rings is 1. The molecule has 0 spiro atoms. The van der Waals surface area contributed by atoms with Gasteiger partial charge in [0.2, 0.25) is 0 Å². The highest BCUT2D eigenvalue weighted by atomic mass is 35.5. The Balaban J connectivity index is 0.000000134. The predicted molar refractivity (Wildman–Crippen MR) is 529 cm³/mol. The van der Waals surface area contributed by atoms with Crippen molar-refractivity contribution < 1.29 is 19.1 Å². The number of ketones is 2. The first-order valence-corrected chi connectivity index (χ1v) is 49.1. The van der Waals surface area contributed by atoms with Crippen LogP contribution in [0.3, 0.4) is 0 Å². The molecule has 4 atom stereocenters. The van der Waals surface area contributed by atoms with Crippen LogP contribution in [0.25, 0.3) is 20.0 Å². The predicted octanol–water partition coefficient (Wildman–Crippen LogP) is 20.2. The normalized spacial score (nSPS) is 19.3. The van der Waals surface area contributed by atoms with E-state index in [9.17, 15) is 14.4 Å². The summed E-state index contributed by atoms with van der Waals surface area (Å²) in [6.07, 6.45) is 7.37. The summed E-state index contributed by atoms with van der Waals surface area (Å²) in [7, 11) is 7.67. The van der Waals surface area contributed by atoms with Crippen LogP contribution in [0.2, 0.25) is 20.1 Å². The average Bonchev–Trinajstić information content (AvgIpc) is 1.59. The van der Waals surface area contributed by atoms with Gasteiger partial charge in [0.1, 0.15) is 77.0 Å². The number of likely N-dealkylation sites (tertiary alicyclic amines) is 1. The smallest absolute Gasteiger partial charge is 0.308 e. The number of nitrogens with zero attached hydrogens (tertiary/aromatic N) is 20. The van der Waals surface area contributed by atoms with Crippen molar-refractivity contribution in [3.05, 3.63) is 250 Å². The minimum absolute atomic E-state index is 0.0612. The molecule has 0 bridgehead atoms. The number of methoxy groups -OCH3 is 1. The van der Waals surface area contributed by atoms with Crippen molar-refractivity contribution in [2.75, 3.05) is 87.2 Å². The molecule has 0 aliphatic carbocycles. The number of hydrogen-bond acceptors (Lipinski definition) is 24. The van der Waals surface area contributed by atoms with Crippen LogP contribution in [-0.4, -0.2) is 206 Å². The van der Waals surface area contributed by atoms with Gasteiger partial charge in [-0.15, -0.1) is 86.1 Å². The molecule has 18 rings (SSSR count). The van der Waals surface area contributed by atoms with Crippen molar-refractivity contribution >= 4 is 132 Å². The number of carbonyl (C=O) groups is 3. The van der Waals surface area contributed by atoms with Crippen LogP contribution in [0.1, 0.15) is 225 Å². The number of piperazine rings is 1. The van der Waals surface area contributed by atoms with Crippen molar-refractivity contribution in [3.8, 4) is 20.0 Å². The summed E-state index contributed by atoms with van der Waals surface area (Å²) in [5.41, 5.74) is 13.6. The van der Waals surface area contributed by atoms with Gasteiger partial charge in [0.15, 0.2) is 23.3 Å². The Hall–Kier alpha value is -9.27. The van der Waals surface area contributed by atoms with Crippen molar-refractivity contribution in [2.24, 2.45) is 20.0 Å². The van der Waals surface area contributed by atoms with E-state index < -0.39 is 22.2 Å². The molecule has 14 heterocycles. The Kier molecular flexibility index (Phi) is 28.7. The Labute approximate surface area is 798 Å². The van der Waals surface area contributed by atoms with E-state index in [0.29, 0.717) is 40.2 Å². The number of fused-ring (bicyclic) bond motifs is 12. The second-order valence-electron chi connectivity index (χ2n) is 36.1. The van der Waals surface area contributed by atoms with E-state index >= 15 is 0 Å². The summed E-state index contributed by atoms with van der Waals surface area (Å²) in [5, 5.41) is 42.8. The van der Waals surface area contributed by atoms with E-state index in [-0.39, 0.29) is 30.4 Å². The Bertz CT molecular complexity index is 6390. The average molecular weight is 1910 g/mol. The highest BCUT2D eigenvalue weighted by Crippen LogP contribution is 2.48. The fraction of sp³-hybridized carbons (Fsp3) is 0.439. The maximum absolute atomic E-state index is 13.4. The number of benzene rings is 4. The number of aromatic nitrogens is 12. The molecular formula is C98H114Cl4N20O4S4. The minimum atomic E-state index is -0.928. The van der Waals surface area contributed by atoms with Crippen molar-refractivity contribution in [1.29, 1.82) is 0 Å². The summed E-state index contributed by atoms with van der Waals surface area (Å²) in [4.78, 5) is 74.5. The molecule has 24 nitrogen and oxygen atoms in total. The molecule has 0 N–H and O–H groups in total. The van der Waals surface area contributed by atoms with Gasteiger partial charge in [0, 0.05) is 143 Å². The number of ether oxygens (including phenoxy) is 1. The van der Waals surface area contributed by atoms with Gasteiger partial charge in [-0.25, -0.2) is 0 Å². The van der Waals surface area contributed by atoms with Crippen LogP contribution in [0.5, 0.6) is 0 Å². The van der Waals surface area contributed by atoms with Crippen LogP contribution in [0.15, 0.2) is 117 Å². The second-order valence-corrected chi connectivity index (χ2v) is 42.7. The third-order valence-electron chi connectivity index (χ3n) is 25.7. The van der Waals surface area contributed by atoms with Gasteiger partial charge in [-0.1, -0.05) is 101 Å². The fourth-order valence-corrected chi connectivity index (χ4v) is 23.6. The van der Waals surface area contributed by atoms with Gasteiger partial charge in [-0.05, 0) is 255 Å². The number of aryl methyl sites for hydroxylation is 8. The number of halogens is 4. The molecule has 12 aromatic rings. The highest BCUT2D eigenvalue weighted by molar-refractivity contribution is 7.16. The summed E-state index contributed by atoms with van der Waals surface area (Å²) in [6.45, 7) is 42.4. The molecule has 4 aromatic carbocycles. The van der Waals surface area contributed by atoms with Gasteiger partial charge in [0.05, 0.1) is 36.4 Å². The Morgan fingerprint density at radius 2 is 0.646 bits per heavy atom. The standard InChI is InChI=1S/C28H35ClN6OS.C28H34ClN5OS.C21H24ClN5S.C21H21ClN4O2S/c1-18-19(2)37-26-24(18)25(21-8-10-22(29)11-9-21)30-28(4,27-32-31-20(3)35(26)27)17-23(36)7-6-12-34-15-13-33(5)14-16-34;1-18-19(2)36-26-24(18)25(21-10-12-22(29)13-11-21)30-28(4,27-32-31-20(3)34(26)27)17-23(35)9-8-16-33-14-6-5-7-15-33;1-12-13(2)28-19-17(12)18(15-7-9-16(22)10-8-15)23-21(4,11-26(5)6)20-25-24-14(3)27(19)20;1-11-12(2)29-19-17(11)18(14-6-8-15(22)9-7-14)23-21(4,10-16(27)28-5)20-25-24-13(3)26(19)20/h8-11H,6-7,12-17H2,1-5H3;10-13H,5-9,14-17H2,1-4H3;7-10H,11H2,1-6H3;6-9H,10H2,1-5H3/t2*28-;2*21-/m0000/s1. The zero-order valence-corrected chi connectivity index (χ0v) is 84.2. The number of Topliss-reactive ketones (excluding diaryl/α,β-unsaturated/α-hetero) is 2. The quantitative estimate of drug-likeness (QED) is 0.0644. The largest absolute Gasteiger partial charge is 0.469 e. The summed E-state index contributed by atoms with van der Waals surface area (Å²) in [6, 6.07) is 31.2. The summed E-state index contributed by atoms with van der Waals surface area (Å²) >= 11 is 31.6. The topological polar surface area (TPSA) is 246 Å². The van der Waals surface area contributed by atoms with Crippen LogP contribution in [0.4, 0.5) is 0 Å². The zero-order chi connectivity index (χ0) is 92.9. The SMILES string of the molecule is COC(=O)C[C@]1(C)N=C(c2ccc(Cl)cc2)c2c(sc(C)c2C)-n2c(C)nnc21.Cc1sc2c(c1C)C(c1ccc(Cl)cc1)=N[C@@](C)(CC(=O)CCCN1CCCCC1)c1nnc(C)n1-2.Cc1sc2c(c1C)C(c1ccc(Cl)cc1)=N[C@@](C)(CC(=O)CCCN1CCN(C)CC1)c1nnc(C)n1-2.Cc1sc2c(c1C)C(c1ccc(Cl)cc1)=N[C@@](C)(CN(C)C)c1nnc(C)n1-2.